The Labute approximate surface area is 85.5 Å². The van der Waals surface area contributed by atoms with Gasteiger partial charge >= 0.3 is 0 Å². The molecular formula is C10H16ClNO. The molecule has 1 aromatic carbocycles. The Morgan fingerprint density at radius 3 is 2.62 bits per heavy atom. The summed E-state index contributed by atoms with van der Waals surface area (Å²) < 4.78 is 5.12. The predicted octanol–water partition coefficient (Wildman–Crippen LogP) is 1.93. The van der Waals surface area contributed by atoms with E-state index in [0.29, 0.717) is 6.54 Å². The standard InChI is InChI=1S/C10H15NO.ClH/c1-8-3-4-10(12-2)7-9(8)5-6-11;/h3-4,7H,5-6,11H2,1-2H3;1H. The zero-order chi connectivity index (χ0) is 8.97. The maximum Gasteiger partial charge on any atom is 0.119 e. The second-order valence-corrected chi connectivity index (χ2v) is 2.83. The summed E-state index contributed by atoms with van der Waals surface area (Å²) in [7, 11) is 1.68. The highest BCUT2D eigenvalue weighted by atomic mass is 35.5. The monoisotopic (exact) mass is 201 g/mol. The van der Waals surface area contributed by atoms with Gasteiger partial charge in [-0.1, -0.05) is 6.07 Å². The molecule has 0 aliphatic carbocycles. The third kappa shape index (κ3) is 3.25. The molecule has 0 amide bonds. The van der Waals surface area contributed by atoms with Gasteiger partial charge in [0, 0.05) is 0 Å². The average Bonchev–Trinajstić information content (AvgIpc) is 2.09. The minimum Gasteiger partial charge on any atom is -0.497 e. The number of ether oxygens (including phenoxy) is 1. The lowest BCUT2D eigenvalue weighted by atomic mass is 10.1. The molecule has 0 saturated heterocycles. The molecule has 0 spiro atoms. The van der Waals surface area contributed by atoms with E-state index in [-0.39, 0.29) is 12.4 Å². The minimum atomic E-state index is 0. The summed E-state index contributed by atoms with van der Waals surface area (Å²) in [6.45, 7) is 2.78. The van der Waals surface area contributed by atoms with Crippen molar-refractivity contribution in [1.82, 2.24) is 0 Å². The van der Waals surface area contributed by atoms with Crippen LogP contribution in [0.25, 0.3) is 0 Å². The quantitative estimate of drug-likeness (QED) is 0.811. The van der Waals surface area contributed by atoms with Crippen molar-refractivity contribution in [2.45, 2.75) is 13.3 Å². The van der Waals surface area contributed by atoms with Gasteiger partial charge in [0.05, 0.1) is 7.11 Å². The van der Waals surface area contributed by atoms with Crippen molar-refractivity contribution >= 4 is 12.4 Å². The van der Waals surface area contributed by atoms with E-state index in [9.17, 15) is 0 Å². The first-order valence-electron chi connectivity index (χ1n) is 4.11. The van der Waals surface area contributed by atoms with Crippen molar-refractivity contribution in [2.75, 3.05) is 13.7 Å². The lowest BCUT2D eigenvalue weighted by Gasteiger charge is -2.06. The van der Waals surface area contributed by atoms with Gasteiger partial charge in [0.15, 0.2) is 0 Å². The van der Waals surface area contributed by atoms with Crippen LogP contribution < -0.4 is 10.5 Å². The highest BCUT2D eigenvalue weighted by molar-refractivity contribution is 5.85. The van der Waals surface area contributed by atoms with Gasteiger partial charge in [0.1, 0.15) is 5.75 Å². The number of rotatable bonds is 3. The van der Waals surface area contributed by atoms with Crippen molar-refractivity contribution in [2.24, 2.45) is 5.73 Å². The molecule has 0 aliphatic heterocycles. The molecule has 3 heteroatoms. The van der Waals surface area contributed by atoms with E-state index in [1.807, 2.05) is 12.1 Å². The molecule has 0 saturated carbocycles. The molecule has 1 aromatic rings. The highest BCUT2D eigenvalue weighted by Crippen LogP contribution is 2.16. The van der Waals surface area contributed by atoms with E-state index >= 15 is 0 Å². The Hall–Kier alpha value is -0.730. The molecule has 0 aromatic heterocycles. The smallest absolute Gasteiger partial charge is 0.119 e. The van der Waals surface area contributed by atoms with E-state index in [4.69, 9.17) is 10.5 Å². The summed E-state index contributed by atoms with van der Waals surface area (Å²) in [5.41, 5.74) is 8.03. The second-order valence-electron chi connectivity index (χ2n) is 2.83. The van der Waals surface area contributed by atoms with E-state index < -0.39 is 0 Å². The topological polar surface area (TPSA) is 35.2 Å². The van der Waals surface area contributed by atoms with Crippen molar-refractivity contribution in [1.29, 1.82) is 0 Å². The van der Waals surface area contributed by atoms with Gasteiger partial charge in [0.25, 0.3) is 0 Å². The molecule has 2 nitrogen and oxygen atoms in total. The van der Waals surface area contributed by atoms with Crippen LogP contribution in [0.3, 0.4) is 0 Å². The first-order valence-corrected chi connectivity index (χ1v) is 4.11. The third-order valence-electron chi connectivity index (χ3n) is 1.97. The van der Waals surface area contributed by atoms with Crippen LogP contribution in [0, 0.1) is 6.92 Å². The van der Waals surface area contributed by atoms with Gasteiger partial charge in [0.2, 0.25) is 0 Å². The summed E-state index contributed by atoms with van der Waals surface area (Å²) in [6.07, 6.45) is 0.920. The lowest BCUT2D eigenvalue weighted by molar-refractivity contribution is 0.414. The highest BCUT2D eigenvalue weighted by Gasteiger charge is 1.98. The van der Waals surface area contributed by atoms with Crippen LogP contribution in [0.2, 0.25) is 0 Å². The summed E-state index contributed by atoms with van der Waals surface area (Å²) in [4.78, 5) is 0. The number of hydrogen-bond acceptors (Lipinski definition) is 2. The predicted molar refractivity (Wildman–Crippen MR) is 57.7 cm³/mol. The molecule has 1 rings (SSSR count). The van der Waals surface area contributed by atoms with Crippen molar-refractivity contribution in [3.63, 3.8) is 0 Å². The van der Waals surface area contributed by atoms with Crippen LogP contribution in [0.1, 0.15) is 11.1 Å². The van der Waals surface area contributed by atoms with Gasteiger partial charge in [-0.15, -0.1) is 12.4 Å². The van der Waals surface area contributed by atoms with Gasteiger partial charge < -0.3 is 10.5 Å². The number of hydrogen-bond donors (Lipinski definition) is 1. The Morgan fingerprint density at radius 2 is 2.08 bits per heavy atom. The number of methoxy groups -OCH3 is 1. The molecule has 0 radical (unpaired) electrons. The lowest BCUT2D eigenvalue weighted by Crippen LogP contribution is -2.04. The Bertz CT molecular complexity index is 263. The molecule has 13 heavy (non-hydrogen) atoms. The molecule has 0 fully saturated rings. The maximum absolute atomic E-state index is 5.48. The SMILES string of the molecule is COc1ccc(C)c(CCN)c1.Cl. The van der Waals surface area contributed by atoms with Crippen LogP contribution in [-0.4, -0.2) is 13.7 Å². The van der Waals surface area contributed by atoms with Gasteiger partial charge in [-0.2, -0.15) is 0 Å². The second kappa shape index (κ2) is 5.84. The number of halogens is 1. The van der Waals surface area contributed by atoms with Crippen LogP contribution in [0.4, 0.5) is 0 Å². The summed E-state index contributed by atoms with van der Waals surface area (Å²) in [5.74, 6) is 0.907. The molecule has 2 N–H and O–H groups in total. The van der Waals surface area contributed by atoms with E-state index in [1.54, 1.807) is 7.11 Å². The fourth-order valence-electron chi connectivity index (χ4n) is 1.20. The number of nitrogens with two attached hydrogens (primary N) is 1. The number of aryl methyl sites for hydroxylation is 1. The van der Waals surface area contributed by atoms with Crippen molar-refractivity contribution < 1.29 is 4.74 Å². The summed E-state index contributed by atoms with van der Waals surface area (Å²) >= 11 is 0. The molecule has 74 valence electrons. The molecule has 0 bridgehead atoms. The Morgan fingerprint density at radius 1 is 1.38 bits per heavy atom. The van der Waals surface area contributed by atoms with Crippen molar-refractivity contribution in [3.05, 3.63) is 29.3 Å². The minimum absolute atomic E-state index is 0. The summed E-state index contributed by atoms with van der Waals surface area (Å²) in [6, 6.07) is 6.07. The summed E-state index contributed by atoms with van der Waals surface area (Å²) in [5, 5.41) is 0. The zero-order valence-corrected chi connectivity index (χ0v) is 8.86. The van der Waals surface area contributed by atoms with Gasteiger partial charge in [-0.25, -0.2) is 0 Å². The maximum atomic E-state index is 5.48. The molecular weight excluding hydrogens is 186 g/mol. The van der Waals surface area contributed by atoms with E-state index in [2.05, 4.69) is 13.0 Å². The Balaban J connectivity index is 0.00000144. The van der Waals surface area contributed by atoms with Crippen LogP contribution >= 0.6 is 12.4 Å². The molecule has 0 aliphatic rings. The fourth-order valence-corrected chi connectivity index (χ4v) is 1.20. The van der Waals surface area contributed by atoms with Gasteiger partial charge in [-0.05, 0) is 43.1 Å². The van der Waals surface area contributed by atoms with Crippen LogP contribution in [0.15, 0.2) is 18.2 Å². The Kier molecular flexibility index (Phi) is 5.51. The van der Waals surface area contributed by atoms with E-state index in [0.717, 1.165) is 12.2 Å². The molecule has 0 heterocycles. The number of benzene rings is 1. The van der Waals surface area contributed by atoms with Crippen LogP contribution in [0.5, 0.6) is 5.75 Å². The first kappa shape index (κ1) is 12.3. The molecule has 0 unspecified atom stereocenters. The van der Waals surface area contributed by atoms with E-state index in [1.165, 1.54) is 11.1 Å². The van der Waals surface area contributed by atoms with Crippen molar-refractivity contribution in [3.8, 4) is 5.75 Å². The van der Waals surface area contributed by atoms with Crippen LogP contribution in [-0.2, 0) is 6.42 Å². The zero-order valence-electron chi connectivity index (χ0n) is 8.04. The largest absolute Gasteiger partial charge is 0.497 e. The normalized spacial score (nSPS) is 9.15. The first-order chi connectivity index (χ1) is 5.77. The third-order valence-corrected chi connectivity index (χ3v) is 1.97. The average molecular weight is 202 g/mol. The molecule has 0 atom stereocenters. The van der Waals surface area contributed by atoms with Gasteiger partial charge in [-0.3, -0.25) is 0 Å². The fraction of sp³-hybridized carbons (Fsp3) is 0.400.